The van der Waals surface area contributed by atoms with E-state index in [-0.39, 0.29) is 89.0 Å². The highest BCUT2D eigenvalue weighted by atomic mass is 31.2. The fraction of sp³-hybridized carbons (Fsp3) is 0.304. The molecular formula is C69H58F9N9O16P+. The van der Waals surface area contributed by atoms with Crippen LogP contribution in [0, 0.1) is 17.5 Å². The number of nitrogens with zero attached hydrogens (tertiary/aromatic N) is 6. The Labute approximate surface area is 583 Å². The van der Waals surface area contributed by atoms with E-state index in [1.807, 2.05) is 0 Å². The number of amides is 12. The number of fused-ring (bicyclic) bond motifs is 3. The highest BCUT2D eigenvalue weighted by molar-refractivity contribution is 7.55. The Kier molecular flexibility index (Phi) is 20.2. The van der Waals surface area contributed by atoms with E-state index >= 15 is 26.3 Å². The predicted molar refractivity (Wildman–Crippen MR) is 337 cm³/mol. The van der Waals surface area contributed by atoms with Gasteiger partial charge in [0.15, 0.2) is 20.2 Å². The average Bonchev–Trinajstić information content (AvgIpc) is 1.61. The summed E-state index contributed by atoms with van der Waals surface area (Å²) < 4.78 is 148. The molecule has 0 aromatic heterocycles. The number of halogens is 9. The van der Waals surface area contributed by atoms with Crippen molar-refractivity contribution in [2.24, 2.45) is 0 Å². The number of rotatable bonds is 24. The number of likely N-dealkylation sites (tertiary alicyclic amines) is 3. The molecule has 25 nitrogen and oxygen atoms in total. The van der Waals surface area contributed by atoms with Crippen molar-refractivity contribution in [3.8, 4) is 0 Å². The molecule has 3 fully saturated rings. The van der Waals surface area contributed by atoms with Gasteiger partial charge in [0.2, 0.25) is 17.7 Å². The first kappa shape index (κ1) is 73.0. The van der Waals surface area contributed by atoms with Gasteiger partial charge in [-0.15, -0.1) is 13.6 Å². The van der Waals surface area contributed by atoms with E-state index in [1.165, 1.54) is 54.6 Å². The van der Waals surface area contributed by atoms with Crippen LogP contribution >= 0.6 is 8.17 Å². The number of benzene rings is 6. The highest BCUT2D eigenvalue weighted by Gasteiger charge is 2.54. The van der Waals surface area contributed by atoms with Crippen LogP contribution < -0.4 is 16.0 Å². The maximum absolute atomic E-state index is 15.0. The second-order valence-corrected chi connectivity index (χ2v) is 26.7. The Hall–Kier alpha value is -10.8. The molecule has 35 heteroatoms. The van der Waals surface area contributed by atoms with Crippen LogP contribution in [0.4, 0.5) is 39.5 Å². The number of hydrogen-bond acceptors (Lipinski definition) is 16. The smallest absolute Gasteiger partial charge is 0.346 e. The minimum atomic E-state index is -5.35. The van der Waals surface area contributed by atoms with E-state index in [0.717, 1.165) is 87.5 Å². The zero-order valence-electron chi connectivity index (χ0n) is 54.1. The molecule has 6 aromatic carbocycles. The molecule has 3 saturated heterocycles. The van der Waals surface area contributed by atoms with Crippen molar-refractivity contribution in [2.75, 3.05) is 20.2 Å². The Morgan fingerprint density at radius 1 is 0.404 bits per heavy atom. The van der Waals surface area contributed by atoms with Gasteiger partial charge in [0.05, 0.1) is 0 Å². The number of alkyl halides is 6. The fourth-order valence-corrected chi connectivity index (χ4v) is 13.8. The molecule has 4 N–H and O–H groups in total. The average molecular weight is 1470 g/mol. The van der Waals surface area contributed by atoms with E-state index < -0.39 is 208 Å². The van der Waals surface area contributed by atoms with Gasteiger partial charge in [-0.3, -0.25) is 72.2 Å². The summed E-state index contributed by atoms with van der Waals surface area (Å²) in [6.07, 6.45) is -2.13. The molecule has 12 rings (SSSR count). The second-order valence-electron chi connectivity index (χ2n) is 25.0. The minimum Gasteiger partial charge on any atom is -0.346 e. The Morgan fingerprint density at radius 3 is 0.904 bits per heavy atom. The monoisotopic (exact) mass is 1470 g/mol. The van der Waals surface area contributed by atoms with Crippen LogP contribution in [0.1, 0.15) is 120 Å². The van der Waals surface area contributed by atoms with E-state index in [4.69, 9.17) is 13.6 Å². The fourth-order valence-electron chi connectivity index (χ4n) is 12.8. The maximum Gasteiger partial charge on any atom is 0.578 e. The van der Waals surface area contributed by atoms with Gasteiger partial charge in [-0.05, 0) is 144 Å². The largest absolute Gasteiger partial charge is 0.578 e. The van der Waals surface area contributed by atoms with Crippen molar-refractivity contribution in [1.82, 2.24) is 45.3 Å². The molecule has 6 aromatic rings. The van der Waals surface area contributed by atoms with Gasteiger partial charge in [0.1, 0.15) is 35.6 Å². The number of hydrogen-bond donors (Lipinski definition) is 4. The second kappa shape index (κ2) is 28.8. The van der Waals surface area contributed by atoms with Gasteiger partial charge >= 0.3 is 25.9 Å². The standard InChI is InChI=1S/C69H57F9N9O16P/c70-46-10-4-43(5-11-46)67(73,74)64(97)79-28-37-1-16-49-40(25-37)31-82(58(49)91)52-19-22-55(88)85(61(52)94)34-101-104(100,102-35-86-56(89)23-20-53(62(86)95)83-32-41-26-38(2-17-50(41)59(83)92)29-80-65(98)68(75,76)44-6-12-47(71)13-7-44)103-36-87-57(90)24-21-54(63(87)96)84-33-42-27-39(3-18-51(42)60(84)93)30-81-66(99)69(77,78)45-8-14-48(72)15-9-45/h1-18,25-27,52-54,100H,19-24,28-36H2,(H2-,79,80,81,97,98,99)/p+1. The Balaban J connectivity index is 0.732. The lowest BCUT2D eigenvalue weighted by Crippen LogP contribution is -2.56. The lowest BCUT2D eigenvalue weighted by molar-refractivity contribution is -0.158. The minimum absolute atomic E-state index is 0.0611. The summed E-state index contributed by atoms with van der Waals surface area (Å²) >= 11 is 0. The third-order valence-corrected chi connectivity index (χ3v) is 19.8. The van der Waals surface area contributed by atoms with Gasteiger partial charge < -0.3 is 30.7 Å². The van der Waals surface area contributed by atoms with Gasteiger partial charge in [0.25, 0.3) is 53.2 Å². The van der Waals surface area contributed by atoms with Crippen LogP contribution in [0.2, 0.25) is 0 Å². The van der Waals surface area contributed by atoms with Crippen molar-refractivity contribution in [1.29, 1.82) is 0 Å². The zero-order chi connectivity index (χ0) is 74.5. The molecule has 6 aliphatic rings. The maximum atomic E-state index is 15.0. The van der Waals surface area contributed by atoms with Crippen LogP contribution in [0.25, 0.3) is 0 Å². The molecule has 0 saturated carbocycles. The summed E-state index contributed by atoms with van der Waals surface area (Å²) in [5.74, 6) is -28.0. The molecule has 0 bridgehead atoms. The van der Waals surface area contributed by atoms with E-state index in [9.17, 15) is 75.6 Å². The van der Waals surface area contributed by atoms with Crippen molar-refractivity contribution < 1.29 is 116 Å². The lowest BCUT2D eigenvalue weighted by atomic mass is 10.0. The summed E-state index contributed by atoms with van der Waals surface area (Å²) in [4.78, 5) is 181. The van der Waals surface area contributed by atoms with Gasteiger partial charge in [-0.25, -0.2) is 13.2 Å². The molecule has 12 amide bonds. The first-order valence-corrected chi connectivity index (χ1v) is 33.5. The quantitative estimate of drug-likeness (QED) is 0.0277. The number of piperidine rings is 3. The normalized spacial score (nSPS) is 19.2. The molecule has 0 spiro atoms. The summed E-state index contributed by atoms with van der Waals surface area (Å²) in [7, 11) is -5.35. The Morgan fingerprint density at radius 2 is 0.654 bits per heavy atom. The summed E-state index contributed by atoms with van der Waals surface area (Å²) in [5, 5.41) is 6.33. The lowest BCUT2D eigenvalue weighted by Gasteiger charge is -2.36. The molecule has 542 valence electrons. The van der Waals surface area contributed by atoms with Crippen LogP contribution in [-0.2, 0) is 114 Å². The van der Waals surface area contributed by atoms with Crippen LogP contribution in [0.5, 0.6) is 0 Å². The molecule has 3 atom stereocenters. The number of nitrogens with one attached hydrogen (secondary N) is 3. The zero-order valence-corrected chi connectivity index (χ0v) is 55.0. The van der Waals surface area contributed by atoms with Crippen LogP contribution in [-0.4, -0.2) is 143 Å². The molecule has 6 aliphatic heterocycles. The molecule has 0 aliphatic carbocycles. The highest BCUT2D eigenvalue weighted by Crippen LogP contribution is 2.59. The first-order valence-electron chi connectivity index (χ1n) is 32.0. The summed E-state index contributed by atoms with van der Waals surface area (Å²) in [6.45, 7) is -6.09. The van der Waals surface area contributed by atoms with E-state index in [1.54, 1.807) is 0 Å². The number of imide groups is 3. The molecule has 3 unspecified atom stereocenters. The van der Waals surface area contributed by atoms with Crippen molar-refractivity contribution in [3.05, 3.63) is 212 Å². The summed E-state index contributed by atoms with van der Waals surface area (Å²) in [5.41, 5.74) is -0.578. The molecule has 6 heterocycles. The number of carbonyl (C=O) groups is 12. The SMILES string of the molecule is O=C1CCC(N2Cc3cc(CNC(=O)C(F)(F)c4ccc(F)cc4)ccc3C2=O)C(=O)N1CO[P+](O)(OCN1C(=O)CCC(N2Cc3cc(CNC(=O)C(F)(F)c4ccc(F)cc4)ccc3C2=O)C1=O)OCN1C(=O)CCC(N2Cc3cc(CNC(=O)C(F)(F)c4ccc(F)cc4)ccc3C2=O)C1=O. The van der Waals surface area contributed by atoms with Gasteiger partial charge in [-0.2, -0.15) is 31.2 Å². The van der Waals surface area contributed by atoms with Gasteiger partial charge in [-0.1, -0.05) is 36.4 Å². The summed E-state index contributed by atoms with van der Waals surface area (Å²) in [6, 6.07) is 17.1. The van der Waals surface area contributed by atoms with Crippen molar-refractivity contribution in [3.63, 3.8) is 0 Å². The Bertz CT molecular complexity index is 4110. The van der Waals surface area contributed by atoms with Crippen molar-refractivity contribution in [2.45, 2.75) is 114 Å². The third kappa shape index (κ3) is 14.5. The van der Waals surface area contributed by atoms with Crippen LogP contribution in [0.3, 0.4) is 0 Å². The van der Waals surface area contributed by atoms with E-state index in [2.05, 4.69) is 16.0 Å². The van der Waals surface area contributed by atoms with Crippen LogP contribution in [0.15, 0.2) is 127 Å². The topological polar surface area (TPSA) is 308 Å². The first-order chi connectivity index (χ1) is 49.3. The van der Waals surface area contributed by atoms with Crippen molar-refractivity contribution >= 4 is 79.1 Å². The molecular weight excluding hydrogens is 1410 g/mol. The number of carbonyl (C=O) groups excluding carboxylic acids is 12. The predicted octanol–water partition coefficient (Wildman–Crippen LogP) is 6.74. The van der Waals surface area contributed by atoms with Gasteiger partial charge in [0, 0.05) is 91.9 Å². The molecule has 0 radical (unpaired) electrons. The van der Waals surface area contributed by atoms with E-state index in [0.29, 0.717) is 14.7 Å². The third-order valence-electron chi connectivity index (χ3n) is 18.5. The molecule has 104 heavy (non-hydrogen) atoms.